The highest BCUT2D eigenvalue weighted by Crippen LogP contribution is 2.07. The van der Waals surface area contributed by atoms with Gasteiger partial charge in [0.15, 0.2) is 0 Å². The minimum atomic E-state index is -0.359. The summed E-state index contributed by atoms with van der Waals surface area (Å²) in [5.74, 6) is 0. The maximum absolute atomic E-state index is 9.22. The second kappa shape index (κ2) is 2.84. The minimum absolute atomic E-state index is 0.0811. The quantitative estimate of drug-likeness (QED) is 0.470. The lowest BCUT2D eigenvalue weighted by atomic mass is 10.2. The van der Waals surface area contributed by atoms with Gasteiger partial charge in [0.05, 0.1) is 6.10 Å². The van der Waals surface area contributed by atoms with Crippen LogP contribution < -0.4 is 5.73 Å². The van der Waals surface area contributed by atoms with Crippen molar-refractivity contribution in [3.8, 4) is 0 Å². The van der Waals surface area contributed by atoms with Gasteiger partial charge in [0, 0.05) is 33.2 Å². The van der Waals surface area contributed by atoms with Crippen molar-refractivity contribution in [3.05, 3.63) is 0 Å². The highest BCUT2D eigenvalue weighted by molar-refractivity contribution is 4.84. The molecule has 2 atom stereocenters. The lowest BCUT2D eigenvalue weighted by molar-refractivity contribution is 0.0374. The Hall–Kier alpha value is -0.160. The third kappa shape index (κ3) is 1.46. The third-order valence-corrected chi connectivity index (χ3v) is 1.88. The van der Waals surface area contributed by atoms with Gasteiger partial charge in [-0.25, -0.2) is 10.0 Å². The van der Waals surface area contributed by atoms with Gasteiger partial charge in [-0.1, -0.05) is 0 Å². The second-order valence-electron chi connectivity index (χ2n) is 2.95. The zero-order chi connectivity index (χ0) is 7.72. The Morgan fingerprint density at radius 3 is 2.30 bits per heavy atom. The summed E-state index contributed by atoms with van der Waals surface area (Å²) in [6.45, 7) is 1.42. The summed E-state index contributed by atoms with van der Waals surface area (Å²) in [6, 6.07) is -0.0811. The Labute approximate surface area is 61.2 Å². The van der Waals surface area contributed by atoms with E-state index in [1.54, 1.807) is 0 Å². The van der Waals surface area contributed by atoms with Gasteiger partial charge in [0.2, 0.25) is 0 Å². The number of hydrogen-bond acceptors (Lipinski definition) is 4. The van der Waals surface area contributed by atoms with Crippen LogP contribution in [0.25, 0.3) is 0 Å². The van der Waals surface area contributed by atoms with E-state index in [9.17, 15) is 5.11 Å². The number of nitrogens with two attached hydrogens (primary N) is 1. The van der Waals surface area contributed by atoms with Crippen LogP contribution in [0.15, 0.2) is 0 Å². The second-order valence-corrected chi connectivity index (χ2v) is 2.95. The van der Waals surface area contributed by atoms with Crippen LogP contribution in [0.5, 0.6) is 0 Å². The van der Waals surface area contributed by atoms with Crippen molar-refractivity contribution in [3.63, 3.8) is 0 Å². The van der Waals surface area contributed by atoms with Crippen LogP contribution in [-0.4, -0.2) is 54.5 Å². The van der Waals surface area contributed by atoms with Gasteiger partial charge in [0.1, 0.15) is 0 Å². The van der Waals surface area contributed by atoms with Gasteiger partial charge in [0.25, 0.3) is 0 Å². The summed E-state index contributed by atoms with van der Waals surface area (Å²) in [4.78, 5) is 0. The lowest BCUT2D eigenvalue weighted by Gasteiger charge is -2.22. The number of rotatable bonds is 1. The van der Waals surface area contributed by atoms with E-state index in [0.717, 1.165) is 6.54 Å². The summed E-state index contributed by atoms with van der Waals surface area (Å²) in [6.07, 6.45) is -0.359. The summed E-state index contributed by atoms with van der Waals surface area (Å²) >= 11 is 0. The maximum atomic E-state index is 9.22. The molecule has 1 aliphatic heterocycles. The molecule has 1 heterocycles. The molecule has 1 aliphatic rings. The number of aliphatic hydroxyl groups is 1. The number of hydrazine groups is 1. The van der Waals surface area contributed by atoms with Gasteiger partial charge in [-0.15, -0.1) is 0 Å². The van der Waals surface area contributed by atoms with Crippen LogP contribution >= 0.6 is 0 Å². The average Bonchev–Trinajstić information content (AvgIpc) is 2.13. The van der Waals surface area contributed by atoms with E-state index in [4.69, 9.17) is 5.73 Å². The molecule has 4 nitrogen and oxygen atoms in total. The Kier molecular flexibility index (Phi) is 2.25. The molecule has 0 radical (unpaired) electrons. The van der Waals surface area contributed by atoms with Crippen molar-refractivity contribution >= 4 is 0 Å². The van der Waals surface area contributed by atoms with Crippen LogP contribution in [0.4, 0.5) is 0 Å². The molecule has 0 aromatic rings. The van der Waals surface area contributed by atoms with E-state index < -0.39 is 0 Å². The number of aliphatic hydroxyl groups excluding tert-OH is 1. The highest BCUT2D eigenvalue weighted by atomic mass is 16.3. The van der Waals surface area contributed by atoms with E-state index in [1.807, 2.05) is 24.1 Å². The molecule has 10 heavy (non-hydrogen) atoms. The molecule has 4 heteroatoms. The summed E-state index contributed by atoms with van der Waals surface area (Å²) in [5.41, 5.74) is 5.59. The molecule has 2 unspecified atom stereocenters. The largest absolute Gasteiger partial charge is 0.390 e. The van der Waals surface area contributed by atoms with Gasteiger partial charge in [-0.2, -0.15) is 0 Å². The molecule has 0 bridgehead atoms. The van der Waals surface area contributed by atoms with Crippen LogP contribution in [-0.2, 0) is 0 Å². The van der Waals surface area contributed by atoms with Crippen LogP contribution in [0.1, 0.15) is 0 Å². The van der Waals surface area contributed by atoms with Crippen LogP contribution in [0.3, 0.4) is 0 Å². The number of β-amino-alcohol motifs (C(OH)–C–C–N with tert-alkyl or cyclic N) is 1. The molecule has 1 saturated heterocycles. The maximum Gasteiger partial charge on any atom is 0.0844 e. The van der Waals surface area contributed by atoms with Crippen molar-refractivity contribution in [1.29, 1.82) is 0 Å². The van der Waals surface area contributed by atoms with Gasteiger partial charge >= 0.3 is 0 Å². The van der Waals surface area contributed by atoms with Crippen LogP contribution in [0, 0.1) is 0 Å². The first-order valence-corrected chi connectivity index (χ1v) is 3.47. The molecule has 1 fully saturated rings. The third-order valence-electron chi connectivity index (χ3n) is 1.88. The SMILES string of the molecule is CN(C)N1CC(N)C(O)C1. The fourth-order valence-electron chi connectivity index (χ4n) is 1.12. The number of nitrogens with zero attached hydrogens (tertiary/aromatic N) is 2. The molecule has 0 aliphatic carbocycles. The Bertz CT molecular complexity index is 108. The average molecular weight is 145 g/mol. The summed E-state index contributed by atoms with van der Waals surface area (Å²) < 4.78 is 0. The molecule has 3 N–H and O–H groups in total. The number of hydrogen-bond donors (Lipinski definition) is 2. The van der Waals surface area contributed by atoms with Crippen molar-refractivity contribution in [2.24, 2.45) is 5.73 Å². The molecule has 0 aromatic carbocycles. The van der Waals surface area contributed by atoms with Gasteiger partial charge < -0.3 is 10.8 Å². The zero-order valence-electron chi connectivity index (χ0n) is 6.49. The van der Waals surface area contributed by atoms with E-state index in [2.05, 4.69) is 0 Å². The Balaban J connectivity index is 2.41. The minimum Gasteiger partial charge on any atom is -0.390 e. The van der Waals surface area contributed by atoms with E-state index >= 15 is 0 Å². The van der Waals surface area contributed by atoms with Crippen molar-refractivity contribution in [2.45, 2.75) is 12.1 Å². The molecule has 0 amide bonds. The first-order valence-electron chi connectivity index (χ1n) is 3.47. The smallest absolute Gasteiger partial charge is 0.0844 e. The summed E-state index contributed by atoms with van der Waals surface area (Å²) in [5, 5.41) is 13.2. The predicted octanol–water partition coefficient (Wildman–Crippen LogP) is -1.53. The van der Waals surface area contributed by atoms with E-state index in [1.165, 1.54) is 0 Å². The first-order chi connectivity index (χ1) is 4.61. The van der Waals surface area contributed by atoms with Crippen molar-refractivity contribution < 1.29 is 5.11 Å². The summed E-state index contributed by atoms with van der Waals surface area (Å²) in [7, 11) is 3.90. The molecule has 1 rings (SSSR count). The zero-order valence-corrected chi connectivity index (χ0v) is 6.49. The Morgan fingerprint density at radius 2 is 2.10 bits per heavy atom. The predicted molar refractivity (Wildman–Crippen MR) is 39.2 cm³/mol. The fraction of sp³-hybridized carbons (Fsp3) is 1.00. The van der Waals surface area contributed by atoms with Crippen molar-refractivity contribution in [2.75, 3.05) is 27.2 Å². The normalized spacial score (nSPS) is 35.7. The van der Waals surface area contributed by atoms with Crippen LogP contribution in [0.2, 0.25) is 0 Å². The highest BCUT2D eigenvalue weighted by Gasteiger charge is 2.28. The van der Waals surface area contributed by atoms with E-state index in [0.29, 0.717) is 6.54 Å². The molecule has 60 valence electrons. The standard InChI is InChI=1S/C6H15N3O/c1-8(2)9-3-5(7)6(10)4-9/h5-6,10H,3-4,7H2,1-2H3. The first kappa shape index (κ1) is 7.94. The monoisotopic (exact) mass is 145 g/mol. The fourth-order valence-corrected chi connectivity index (χ4v) is 1.12. The molecule has 0 aromatic heterocycles. The Morgan fingerprint density at radius 1 is 1.50 bits per heavy atom. The van der Waals surface area contributed by atoms with E-state index in [-0.39, 0.29) is 12.1 Å². The van der Waals surface area contributed by atoms with Gasteiger partial charge in [-0.05, 0) is 0 Å². The molecule has 0 saturated carbocycles. The molecular weight excluding hydrogens is 130 g/mol. The topological polar surface area (TPSA) is 52.7 Å². The lowest BCUT2D eigenvalue weighted by Crippen LogP contribution is -2.36. The molecule has 0 spiro atoms. The molecular formula is C6H15N3O. The van der Waals surface area contributed by atoms with Gasteiger partial charge in [-0.3, -0.25) is 0 Å². The van der Waals surface area contributed by atoms with Crippen molar-refractivity contribution in [1.82, 2.24) is 10.0 Å².